The van der Waals surface area contributed by atoms with Gasteiger partial charge in [0, 0.05) is 29.8 Å². The van der Waals surface area contributed by atoms with E-state index in [9.17, 15) is 4.79 Å². The number of carbonyl (C=O) groups is 1. The van der Waals surface area contributed by atoms with E-state index in [1.54, 1.807) is 6.20 Å². The molecule has 4 rings (SSSR count). The summed E-state index contributed by atoms with van der Waals surface area (Å²) in [6.45, 7) is 2.84. The molecule has 0 unspecified atom stereocenters. The Hall–Kier alpha value is -3.14. The normalized spacial score (nSPS) is 12.7. The summed E-state index contributed by atoms with van der Waals surface area (Å²) >= 11 is 0. The Labute approximate surface area is 153 Å². The van der Waals surface area contributed by atoms with Crippen molar-refractivity contribution in [1.29, 1.82) is 0 Å². The van der Waals surface area contributed by atoms with Crippen molar-refractivity contribution in [2.45, 2.75) is 19.8 Å². The number of hydrogen-bond donors (Lipinski definition) is 1. The molecule has 4 heteroatoms. The Morgan fingerprint density at radius 3 is 2.81 bits per heavy atom. The molecule has 4 nitrogen and oxygen atoms in total. The molecule has 1 amide bonds. The van der Waals surface area contributed by atoms with Crippen molar-refractivity contribution in [3.8, 4) is 0 Å². The van der Waals surface area contributed by atoms with Crippen molar-refractivity contribution in [2.75, 3.05) is 16.8 Å². The molecule has 0 spiro atoms. The van der Waals surface area contributed by atoms with Gasteiger partial charge in [0.05, 0.1) is 0 Å². The number of benzene rings is 2. The van der Waals surface area contributed by atoms with Gasteiger partial charge in [-0.15, -0.1) is 0 Å². The summed E-state index contributed by atoms with van der Waals surface area (Å²) in [5.74, 6) is -0.0534. The number of aromatic nitrogens is 1. The fourth-order valence-electron chi connectivity index (χ4n) is 3.42. The average molecular weight is 343 g/mol. The first-order valence-corrected chi connectivity index (χ1v) is 8.97. The van der Waals surface area contributed by atoms with E-state index in [4.69, 9.17) is 0 Å². The monoisotopic (exact) mass is 343 g/mol. The maximum Gasteiger partial charge on any atom is 0.276 e. The van der Waals surface area contributed by atoms with E-state index in [2.05, 4.69) is 35.4 Å². The van der Waals surface area contributed by atoms with Crippen LogP contribution in [0.25, 0.3) is 0 Å². The predicted octanol–water partition coefficient (Wildman–Crippen LogP) is 4.59. The highest BCUT2D eigenvalue weighted by molar-refractivity contribution is 6.06. The number of nitrogens with zero attached hydrogens (tertiary/aromatic N) is 2. The lowest BCUT2D eigenvalue weighted by molar-refractivity contribution is 0.0984. The summed E-state index contributed by atoms with van der Waals surface area (Å²) in [5, 5.41) is 3.42. The first kappa shape index (κ1) is 16.3. The smallest absolute Gasteiger partial charge is 0.276 e. The van der Waals surface area contributed by atoms with Gasteiger partial charge in [-0.2, -0.15) is 0 Å². The lowest BCUT2D eigenvalue weighted by Crippen LogP contribution is -2.29. The fourth-order valence-corrected chi connectivity index (χ4v) is 3.42. The third kappa shape index (κ3) is 3.06. The van der Waals surface area contributed by atoms with Crippen molar-refractivity contribution in [2.24, 2.45) is 0 Å². The van der Waals surface area contributed by atoms with Gasteiger partial charge in [0.25, 0.3) is 5.91 Å². The van der Waals surface area contributed by atoms with Gasteiger partial charge in [0.15, 0.2) is 0 Å². The van der Waals surface area contributed by atoms with Crippen LogP contribution in [0, 0.1) is 0 Å². The standard InChI is InChI=1S/C22H21N3O/c1-2-16-7-3-5-9-19(16)24-18-11-13-23-20(15-18)22(26)25-14-12-17-8-4-6-10-21(17)25/h3-11,13,15H,2,12,14H2,1H3,(H,23,24). The van der Waals surface area contributed by atoms with Crippen molar-refractivity contribution >= 4 is 23.0 Å². The van der Waals surface area contributed by atoms with Crippen LogP contribution in [0.2, 0.25) is 0 Å². The summed E-state index contributed by atoms with van der Waals surface area (Å²) in [6, 6.07) is 20.0. The molecule has 1 N–H and O–H groups in total. The van der Waals surface area contributed by atoms with Crippen LogP contribution >= 0.6 is 0 Å². The van der Waals surface area contributed by atoms with Crippen molar-refractivity contribution in [3.05, 3.63) is 83.7 Å². The van der Waals surface area contributed by atoms with Gasteiger partial charge in [-0.3, -0.25) is 9.78 Å². The zero-order chi connectivity index (χ0) is 17.9. The largest absolute Gasteiger partial charge is 0.355 e. The van der Waals surface area contributed by atoms with E-state index in [0.29, 0.717) is 12.2 Å². The van der Waals surface area contributed by atoms with E-state index >= 15 is 0 Å². The van der Waals surface area contributed by atoms with Gasteiger partial charge in [-0.05, 0) is 48.2 Å². The highest BCUT2D eigenvalue weighted by atomic mass is 16.2. The van der Waals surface area contributed by atoms with Gasteiger partial charge in [0.2, 0.25) is 0 Å². The number of anilines is 3. The Morgan fingerprint density at radius 1 is 1.12 bits per heavy atom. The molecule has 0 atom stereocenters. The van der Waals surface area contributed by atoms with Crippen molar-refractivity contribution in [1.82, 2.24) is 4.98 Å². The molecule has 0 aliphatic carbocycles. The zero-order valence-corrected chi connectivity index (χ0v) is 14.8. The summed E-state index contributed by atoms with van der Waals surface area (Å²) < 4.78 is 0. The second-order valence-electron chi connectivity index (χ2n) is 6.40. The second kappa shape index (κ2) is 7.00. The lowest BCUT2D eigenvalue weighted by Gasteiger charge is -2.17. The topological polar surface area (TPSA) is 45.2 Å². The molecule has 0 saturated carbocycles. The Bertz CT molecular complexity index is 951. The third-order valence-corrected chi connectivity index (χ3v) is 4.79. The Morgan fingerprint density at radius 2 is 1.92 bits per heavy atom. The molecular weight excluding hydrogens is 322 g/mol. The summed E-state index contributed by atoms with van der Waals surface area (Å²) in [7, 11) is 0. The number of pyridine rings is 1. The molecule has 2 heterocycles. The molecule has 0 saturated heterocycles. The van der Waals surface area contributed by atoms with E-state index in [-0.39, 0.29) is 5.91 Å². The first-order valence-electron chi connectivity index (χ1n) is 8.97. The van der Waals surface area contributed by atoms with Crippen LogP contribution in [0.15, 0.2) is 66.9 Å². The number of fused-ring (bicyclic) bond motifs is 1. The molecule has 0 bridgehead atoms. The van der Waals surface area contributed by atoms with Gasteiger partial charge < -0.3 is 10.2 Å². The van der Waals surface area contributed by atoms with Gasteiger partial charge in [-0.1, -0.05) is 43.3 Å². The maximum absolute atomic E-state index is 13.0. The van der Waals surface area contributed by atoms with Crippen LogP contribution < -0.4 is 10.2 Å². The molecule has 3 aromatic rings. The summed E-state index contributed by atoms with van der Waals surface area (Å²) in [6.07, 6.45) is 3.53. The minimum atomic E-state index is -0.0534. The molecular formula is C22H21N3O. The molecule has 26 heavy (non-hydrogen) atoms. The van der Waals surface area contributed by atoms with Crippen LogP contribution in [-0.2, 0) is 12.8 Å². The SMILES string of the molecule is CCc1ccccc1Nc1ccnc(C(=O)N2CCc3ccccc32)c1. The lowest BCUT2D eigenvalue weighted by atomic mass is 10.1. The number of hydrogen-bond acceptors (Lipinski definition) is 3. The second-order valence-corrected chi connectivity index (χ2v) is 6.40. The third-order valence-electron chi connectivity index (χ3n) is 4.79. The molecule has 1 aromatic heterocycles. The highest BCUT2D eigenvalue weighted by Crippen LogP contribution is 2.29. The average Bonchev–Trinajstić information content (AvgIpc) is 3.12. The van der Waals surface area contributed by atoms with E-state index in [1.807, 2.05) is 47.4 Å². The maximum atomic E-state index is 13.0. The minimum absolute atomic E-state index is 0.0534. The minimum Gasteiger partial charge on any atom is -0.355 e. The van der Waals surface area contributed by atoms with Gasteiger partial charge in [0.1, 0.15) is 5.69 Å². The van der Waals surface area contributed by atoms with Crippen LogP contribution in [0.1, 0.15) is 28.5 Å². The van der Waals surface area contributed by atoms with E-state index in [0.717, 1.165) is 29.9 Å². The zero-order valence-electron chi connectivity index (χ0n) is 14.8. The van der Waals surface area contributed by atoms with Crippen LogP contribution in [0.5, 0.6) is 0 Å². The Kier molecular flexibility index (Phi) is 4.40. The molecule has 1 aliphatic heterocycles. The number of nitrogens with one attached hydrogen (secondary N) is 1. The van der Waals surface area contributed by atoms with E-state index < -0.39 is 0 Å². The Balaban J connectivity index is 1.59. The number of aryl methyl sites for hydroxylation is 1. The number of para-hydroxylation sites is 2. The van der Waals surface area contributed by atoms with Crippen LogP contribution in [0.3, 0.4) is 0 Å². The summed E-state index contributed by atoms with van der Waals surface area (Å²) in [5.41, 5.74) is 5.84. The van der Waals surface area contributed by atoms with Gasteiger partial charge in [-0.25, -0.2) is 0 Å². The molecule has 0 fully saturated rings. The highest BCUT2D eigenvalue weighted by Gasteiger charge is 2.26. The van der Waals surface area contributed by atoms with Gasteiger partial charge >= 0.3 is 0 Å². The fraction of sp³-hybridized carbons (Fsp3) is 0.182. The molecule has 2 aromatic carbocycles. The molecule has 130 valence electrons. The number of carbonyl (C=O) groups excluding carboxylic acids is 1. The van der Waals surface area contributed by atoms with Crippen LogP contribution in [0.4, 0.5) is 17.1 Å². The molecule has 0 radical (unpaired) electrons. The first-order chi connectivity index (χ1) is 12.8. The quantitative estimate of drug-likeness (QED) is 0.753. The number of rotatable bonds is 4. The molecule has 1 aliphatic rings. The summed E-state index contributed by atoms with van der Waals surface area (Å²) in [4.78, 5) is 19.1. The predicted molar refractivity (Wildman–Crippen MR) is 105 cm³/mol. The number of amides is 1. The van der Waals surface area contributed by atoms with Crippen LogP contribution in [-0.4, -0.2) is 17.4 Å². The van der Waals surface area contributed by atoms with Crippen molar-refractivity contribution < 1.29 is 4.79 Å². The van der Waals surface area contributed by atoms with Crippen molar-refractivity contribution in [3.63, 3.8) is 0 Å². The van der Waals surface area contributed by atoms with E-state index in [1.165, 1.54) is 11.1 Å².